The van der Waals surface area contributed by atoms with Crippen molar-refractivity contribution >= 4 is 38.7 Å². The highest BCUT2D eigenvalue weighted by molar-refractivity contribution is 9.10. The Morgan fingerprint density at radius 2 is 2.13 bits per heavy atom. The summed E-state index contributed by atoms with van der Waals surface area (Å²) in [4.78, 5) is 27.5. The average molecular weight is 486 g/mol. The molecule has 3 aromatic rings. The monoisotopic (exact) mass is 485 g/mol. The van der Waals surface area contributed by atoms with Crippen LogP contribution in [0.15, 0.2) is 29.1 Å². The van der Waals surface area contributed by atoms with E-state index in [9.17, 15) is 4.79 Å². The first-order chi connectivity index (χ1) is 15.0. The molecule has 1 amide bonds. The Morgan fingerprint density at radius 1 is 1.26 bits per heavy atom. The van der Waals surface area contributed by atoms with Crippen molar-refractivity contribution in [2.45, 2.75) is 58.2 Å². The van der Waals surface area contributed by atoms with E-state index >= 15 is 0 Å². The molecule has 162 valence electrons. The summed E-state index contributed by atoms with van der Waals surface area (Å²) in [5.74, 6) is 0.667. The van der Waals surface area contributed by atoms with E-state index in [1.807, 2.05) is 21.6 Å². The molecule has 1 saturated heterocycles. The number of ether oxygens (including phenoxy) is 2. The SMILES string of the molecule is CC(=O)N1c2ccc(Br)c(Oc3ncc4c(ncn4C4CCCCO4)n3)c2CC[C@@H]1C. The topological polar surface area (TPSA) is 82.4 Å². The minimum Gasteiger partial charge on any atom is -0.423 e. The number of hydrogen-bond donors (Lipinski definition) is 0. The molecule has 8 nitrogen and oxygen atoms in total. The molecule has 0 bridgehead atoms. The molecule has 1 unspecified atom stereocenters. The van der Waals surface area contributed by atoms with Gasteiger partial charge in [-0.05, 0) is 67.1 Å². The quantitative estimate of drug-likeness (QED) is 0.531. The molecule has 0 aliphatic carbocycles. The maximum absolute atomic E-state index is 12.2. The molecule has 4 heterocycles. The first-order valence-corrected chi connectivity index (χ1v) is 11.4. The predicted octanol–water partition coefficient (Wildman–Crippen LogP) is 4.77. The van der Waals surface area contributed by atoms with E-state index in [1.54, 1.807) is 19.4 Å². The van der Waals surface area contributed by atoms with Crippen LogP contribution >= 0.6 is 15.9 Å². The molecule has 0 N–H and O–H groups in total. The van der Waals surface area contributed by atoms with Crippen LogP contribution in [0.2, 0.25) is 0 Å². The number of fused-ring (bicyclic) bond motifs is 2. The molecule has 31 heavy (non-hydrogen) atoms. The van der Waals surface area contributed by atoms with E-state index in [-0.39, 0.29) is 24.2 Å². The highest BCUT2D eigenvalue weighted by Crippen LogP contribution is 2.42. The minimum absolute atomic E-state index is 0.0230. The van der Waals surface area contributed by atoms with Crippen molar-refractivity contribution in [1.82, 2.24) is 19.5 Å². The van der Waals surface area contributed by atoms with Crippen molar-refractivity contribution in [1.29, 1.82) is 0 Å². The fourth-order valence-corrected chi connectivity index (χ4v) is 4.94. The zero-order valence-corrected chi connectivity index (χ0v) is 19.1. The van der Waals surface area contributed by atoms with E-state index in [2.05, 4.69) is 37.8 Å². The van der Waals surface area contributed by atoms with Gasteiger partial charge >= 0.3 is 6.01 Å². The fourth-order valence-electron chi connectivity index (χ4n) is 4.49. The van der Waals surface area contributed by atoms with Gasteiger partial charge in [-0.25, -0.2) is 9.97 Å². The zero-order chi connectivity index (χ0) is 21.5. The second-order valence-electron chi connectivity index (χ2n) is 8.09. The van der Waals surface area contributed by atoms with Gasteiger partial charge in [0.15, 0.2) is 11.4 Å². The standard InChI is InChI=1S/C22H24BrN5O3/c1-13-6-7-15-17(28(13)14(2)29)9-8-16(23)20(15)31-22-24-11-18-21(26-22)25-12-27(18)19-5-3-4-10-30-19/h8-9,11-13,19H,3-7,10H2,1-2H3/t13-,19?/m0/s1. The summed E-state index contributed by atoms with van der Waals surface area (Å²) < 4.78 is 14.8. The van der Waals surface area contributed by atoms with Crippen molar-refractivity contribution in [2.24, 2.45) is 0 Å². The van der Waals surface area contributed by atoms with Crippen LogP contribution < -0.4 is 9.64 Å². The number of carbonyl (C=O) groups excluding carboxylic acids is 1. The second kappa shape index (κ2) is 8.20. The van der Waals surface area contributed by atoms with E-state index < -0.39 is 0 Å². The Kier molecular flexibility index (Phi) is 5.39. The van der Waals surface area contributed by atoms with Gasteiger partial charge in [0.1, 0.15) is 11.7 Å². The first kappa shape index (κ1) is 20.4. The fraction of sp³-hybridized carbons (Fsp3) is 0.455. The number of aromatic nitrogens is 4. The van der Waals surface area contributed by atoms with Crippen molar-refractivity contribution < 1.29 is 14.3 Å². The number of nitrogens with zero attached hydrogens (tertiary/aromatic N) is 5. The molecule has 5 rings (SSSR count). The number of hydrogen-bond acceptors (Lipinski definition) is 6. The van der Waals surface area contributed by atoms with Gasteiger partial charge in [0.25, 0.3) is 0 Å². The summed E-state index contributed by atoms with van der Waals surface area (Å²) in [6.45, 7) is 4.42. The summed E-state index contributed by atoms with van der Waals surface area (Å²) in [6, 6.07) is 4.23. The Morgan fingerprint density at radius 3 is 2.90 bits per heavy atom. The van der Waals surface area contributed by atoms with E-state index in [0.29, 0.717) is 11.4 Å². The Bertz CT molecular complexity index is 1140. The Balaban J connectivity index is 1.48. The highest BCUT2D eigenvalue weighted by atomic mass is 79.9. The van der Waals surface area contributed by atoms with Crippen LogP contribution in [-0.2, 0) is 16.0 Å². The van der Waals surface area contributed by atoms with Gasteiger partial charge in [-0.3, -0.25) is 4.79 Å². The second-order valence-corrected chi connectivity index (χ2v) is 8.94. The van der Waals surface area contributed by atoms with Crippen LogP contribution in [0.4, 0.5) is 5.69 Å². The normalized spacial score (nSPS) is 21.2. The zero-order valence-electron chi connectivity index (χ0n) is 17.5. The number of halogens is 1. The maximum Gasteiger partial charge on any atom is 0.324 e. The summed E-state index contributed by atoms with van der Waals surface area (Å²) in [6.07, 6.45) is 8.32. The van der Waals surface area contributed by atoms with Crippen LogP contribution in [0.5, 0.6) is 11.8 Å². The lowest BCUT2D eigenvalue weighted by molar-refractivity contribution is -0.117. The van der Waals surface area contributed by atoms with Crippen LogP contribution in [0.3, 0.4) is 0 Å². The van der Waals surface area contributed by atoms with Gasteiger partial charge in [0.2, 0.25) is 5.91 Å². The van der Waals surface area contributed by atoms with Crippen molar-refractivity contribution in [2.75, 3.05) is 11.5 Å². The largest absolute Gasteiger partial charge is 0.423 e. The van der Waals surface area contributed by atoms with Crippen LogP contribution in [0, 0.1) is 0 Å². The van der Waals surface area contributed by atoms with Crippen molar-refractivity contribution in [3.05, 3.63) is 34.7 Å². The van der Waals surface area contributed by atoms with Gasteiger partial charge in [0.05, 0.1) is 22.7 Å². The molecule has 2 aliphatic heterocycles. The molecular weight excluding hydrogens is 462 g/mol. The lowest BCUT2D eigenvalue weighted by Crippen LogP contribution is -2.40. The number of amides is 1. The highest BCUT2D eigenvalue weighted by Gasteiger charge is 2.30. The van der Waals surface area contributed by atoms with E-state index in [1.165, 1.54) is 0 Å². The number of imidazole rings is 1. The van der Waals surface area contributed by atoms with E-state index in [4.69, 9.17) is 9.47 Å². The Labute approximate surface area is 188 Å². The first-order valence-electron chi connectivity index (χ1n) is 10.6. The third-order valence-electron chi connectivity index (χ3n) is 6.01. The van der Waals surface area contributed by atoms with Gasteiger partial charge < -0.3 is 18.9 Å². The predicted molar refractivity (Wildman–Crippen MR) is 119 cm³/mol. The third kappa shape index (κ3) is 3.70. The van der Waals surface area contributed by atoms with Crippen LogP contribution in [0.25, 0.3) is 11.2 Å². The molecule has 2 aliphatic rings. The Hall–Kier alpha value is -2.52. The summed E-state index contributed by atoms with van der Waals surface area (Å²) in [5.41, 5.74) is 3.25. The average Bonchev–Trinajstić information content (AvgIpc) is 3.19. The molecule has 1 aromatic carbocycles. The third-order valence-corrected chi connectivity index (χ3v) is 6.63. The summed E-state index contributed by atoms with van der Waals surface area (Å²) in [5, 5.41) is 0. The summed E-state index contributed by atoms with van der Waals surface area (Å²) in [7, 11) is 0. The van der Waals surface area contributed by atoms with Crippen molar-refractivity contribution in [3.63, 3.8) is 0 Å². The summed E-state index contributed by atoms with van der Waals surface area (Å²) >= 11 is 3.59. The van der Waals surface area contributed by atoms with Crippen LogP contribution in [0.1, 0.15) is 51.3 Å². The van der Waals surface area contributed by atoms with Gasteiger partial charge in [0, 0.05) is 25.1 Å². The molecule has 1 fully saturated rings. The molecule has 0 spiro atoms. The van der Waals surface area contributed by atoms with Crippen LogP contribution in [-0.4, -0.2) is 38.1 Å². The molecule has 2 aromatic heterocycles. The molecule has 0 saturated carbocycles. The number of benzene rings is 1. The minimum atomic E-state index is -0.0241. The lowest BCUT2D eigenvalue weighted by atomic mass is 9.95. The number of anilines is 1. The van der Waals surface area contributed by atoms with Gasteiger partial charge in [-0.1, -0.05) is 0 Å². The van der Waals surface area contributed by atoms with E-state index in [0.717, 1.165) is 60.0 Å². The molecular formula is C22H24BrN5O3. The maximum atomic E-state index is 12.2. The van der Waals surface area contributed by atoms with Gasteiger partial charge in [-0.15, -0.1) is 0 Å². The molecule has 9 heteroatoms. The molecule has 2 atom stereocenters. The number of carbonyl (C=O) groups is 1. The van der Waals surface area contributed by atoms with Gasteiger partial charge in [-0.2, -0.15) is 4.98 Å². The molecule has 0 radical (unpaired) electrons. The van der Waals surface area contributed by atoms with Crippen molar-refractivity contribution in [3.8, 4) is 11.8 Å². The number of rotatable bonds is 3. The lowest BCUT2D eigenvalue weighted by Gasteiger charge is -2.35. The smallest absolute Gasteiger partial charge is 0.324 e.